The van der Waals surface area contributed by atoms with Crippen LogP contribution < -0.4 is 0 Å². The van der Waals surface area contributed by atoms with Crippen LogP contribution in [0.2, 0.25) is 0 Å². The van der Waals surface area contributed by atoms with Crippen LogP contribution in [0, 0.1) is 5.92 Å². The quantitative estimate of drug-likeness (QED) is 0.598. The Kier molecular flexibility index (Phi) is 2.81. The van der Waals surface area contributed by atoms with Crippen molar-refractivity contribution in [2.45, 2.75) is 38.1 Å². The van der Waals surface area contributed by atoms with Gasteiger partial charge in [0.05, 0.1) is 24.7 Å². The number of ether oxygens (including phenoxy) is 1. The van der Waals surface area contributed by atoms with Crippen LogP contribution in [0.3, 0.4) is 0 Å². The Morgan fingerprint density at radius 3 is 3.00 bits per heavy atom. The lowest BCUT2D eigenvalue weighted by atomic mass is 9.79. The summed E-state index contributed by atoms with van der Waals surface area (Å²) in [5.41, 5.74) is -0.511. The number of hydrogen-bond acceptors (Lipinski definition) is 3. The average molecular weight is 278 g/mol. The molecule has 2 saturated heterocycles. The molecule has 1 amide bonds. The molecule has 2 rings (SSSR count). The summed E-state index contributed by atoms with van der Waals surface area (Å²) in [7, 11) is 0. The van der Waals surface area contributed by atoms with Crippen LogP contribution in [0.4, 0.5) is 0 Å². The van der Waals surface area contributed by atoms with E-state index in [2.05, 4.69) is 15.9 Å². The number of aliphatic hydroxyl groups is 1. The van der Waals surface area contributed by atoms with Gasteiger partial charge >= 0.3 is 0 Å². The molecule has 3 atom stereocenters. The molecule has 0 radical (unpaired) electrons. The summed E-state index contributed by atoms with van der Waals surface area (Å²) < 4.78 is 5.54. The Morgan fingerprint density at radius 2 is 2.40 bits per heavy atom. The molecular weight excluding hydrogens is 262 g/mol. The number of carbonyl (C=O) groups is 1. The number of alkyl halides is 1. The van der Waals surface area contributed by atoms with Crippen molar-refractivity contribution >= 4 is 21.8 Å². The van der Waals surface area contributed by atoms with E-state index in [-0.39, 0.29) is 17.9 Å². The number of fused-ring (bicyclic) bond motifs is 1. The predicted molar refractivity (Wildman–Crippen MR) is 58.6 cm³/mol. The van der Waals surface area contributed by atoms with Crippen molar-refractivity contribution in [3.8, 4) is 0 Å². The maximum Gasteiger partial charge on any atom is 0.232 e. The van der Waals surface area contributed by atoms with Gasteiger partial charge in [-0.2, -0.15) is 0 Å². The third-order valence-electron chi connectivity index (χ3n) is 3.29. The number of rotatable bonds is 2. The van der Waals surface area contributed by atoms with Crippen LogP contribution in [-0.4, -0.2) is 45.7 Å². The van der Waals surface area contributed by atoms with Gasteiger partial charge in [-0.05, 0) is 20.3 Å². The minimum atomic E-state index is -0.576. The van der Waals surface area contributed by atoms with Crippen molar-refractivity contribution < 1.29 is 14.6 Å². The molecule has 5 heteroatoms. The molecular formula is C10H16BrNO3. The lowest BCUT2D eigenvalue weighted by Crippen LogP contribution is -2.73. The van der Waals surface area contributed by atoms with Crippen molar-refractivity contribution in [1.82, 2.24) is 4.90 Å². The Labute approximate surface area is 97.7 Å². The molecule has 1 N–H and O–H groups in total. The van der Waals surface area contributed by atoms with E-state index in [1.54, 1.807) is 4.90 Å². The molecule has 0 aromatic carbocycles. The first kappa shape index (κ1) is 11.4. The van der Waals surface area contributed by atoms with Gasteiger partial charge < -0.3 is 14.7 Å². The first-order valence-electron chi connectivity index (χ1n) is 5.20. The van der Waals surface area contributed by atoms with Gasteiger partial charge in [-0.15, -0.1) is 0 Å². The molecule has 0 aliphatic carbocycles. The smallest absolute Gasteiger partial charge is 0.232 e. The number of β-lactam (4-membered cyclic amide) rings is 1. The second-order valence-corrected chi connectivity index (χ2v) is 5.25. The number of nitrogens with zero attached hydrogens (tertiary/aromatic N) is 1. The Balaban J connectivity index is 2.14. The Hall–Kier alpha value is -0.130. The van der Waals surface area contributed by atoms with Crippen molar-refractivity contribution in [3.63, 3.8) is 0 Å². The summed E-state index contributed by atoms with van der Waals surface area (Å²) in [6.45, 7) is 4.45. The van der Waals surface area contributed by atoms with Crippen LogP contribution >= 0.6 is 15.9 Å². The number of carbonyl (C=O) groups excluding carboxylic acids is 1. The van der Waals surface area contributed by atoms with E-state index in [0.29, 0.717) is 11.9 Å². The molecule has 2 aliphatic rings. The maximum absolute atomic E-state index is 11.9. The van der Waals surface area contributed by atoms with Crippen LogP contribution in [0.25, 0.3) is 0 Å². The lowest BCUT2D eigenvalue weighted by molar-refractivity contribution is -0.240. The van der Waals surface area contributed by atoms with Crippen molar-refractivity contribution in [1.29, 1.82) is 0 Å². The summed E-state index contributed by atoms with van der Waals surface area (Å²) in [6, 6.07) is 0.147. The first-order chi connectivity index (χ1) is 6.99. The van der Waals surface area contributed by atoms with E-state index in [0.717, 1.165) is 6.42 Å². The monoisotopic (exact) mass is 277 g/mol. The SMILES string of the molecule is CC1(C)OCC[C@@H]2[C@H]([C@@H](O)CBr)C(=O)N21. The van der Waals surface area contributed by atoms with Gasteiger partial charge in [0.1, 0.15) is 5.72 Å². The molecule has 15 heavy (non-hydrogen) atoms. The lowest BCUT2D eigenvalue weighted by Gasteiger charge is -2.58. The molecule has 4 nitrogen and oxygen atoms in total. The molecule has 2 fully saturated rings. The molecule has 0 saturated carbocycles. The van der Waals surface area contributed by atoms with E-state index < -0.39 is 11.8 Å². The first-order valence-corrected chi connectivity index (χ1v) is 6.32. The van der Waals surface area contributed by atoms with Crippen molar-refractivity contribution in [2.75, 3.05) is 11.9 Å². The number of halogens is 1. The second-order valence-electron chi connectivity index (χ2n) is 4.61. The predicted octanol–water partition coefficient (Wildman–Crippen LogP) is 0.726. The van der Waals surface area contributed by atoms with E-state index in [1.165, 1.54) is 0 Å². The zero-order valence-electron chi connectivity index (χ0n) is 8.94. The highest BCUT2D eigenvalue weighted by Crippen LogP contribution is 2.41. The normalized spacial score (nSPS) is 35.7. The van der Waals surface area contributed by atoms with Gasteiger partial charge in [0.15, 0.2) is 0 Å². The molecule has 0 bridgehead atoms. The molecule has 86 valence electrons. The highest BCUT2D eigenvalue weighted by atomic mass is 79.9. The summed E-state index contributed by atoms with van der Waals surface area (Å²) in [6.07, 6.45) is 0.247. The topological polar surface area (TPSA) is 49.8 Å². The van der Waals surface area contributed by atoms with E-state index in [4.69, 9.17) is 4.74 Å². The van der Waals surface area contributed by atoms with Gasteiger partial charge in [-0.25, -0.2) is 0 Å². The van der Waals surface area contributed by atoms with Crippen LogP contribution in [0.1, 0.15) is 20.3 Å². The standard InChI is InChI=1S/C10H16BrNO3/c1-10(2)12-6(3-4-15-10)8(9(12)14)7(13)5-11/h6-8,13H,3-5H2,1-2H3/t6-,7+,8-/m1/s1. The highest BCUT2D eigenvalue weighted by Gasteiger charge is 2.57. The third-order valence-corrected chi connectivity index (χ3v) is 3.95. The second kappa shape index (κ2) is 3.71. The minimum Gasteiger partial charge on any atom is -0.391 e. The zero-order chi connectivity index (χ0) is 11.2. The van der Waals surface area contributed by atoms with E-state index in [1.807, 2.05) is 13.8 Å². The summed E-state index contributed by atoms with van der Waals surface area (Å²) in [4.78, 5) is 13.6. The summed E-state index contributed by atoms with van der Waals surface area (Å²) in [5.74, 6) is -0.232. The third kappa shape index (κ3) is 1.61. The van der Waals surface area contributed by atoms with Gasteiger partial charge in [0.25, 0.3) is 0 Å². The Bertz CT molecular complexity index is 282. The van der Waals surface area contributed by atoms with Gasteiger partial charge in [0, 0.05) is 5.33 Å². The van der Waals surface area contributed by atoms with Crippen LogP contribution in [0.15, 0.2) is 0 Å². The van der Waals surface area contributed by atoms with Crippen LogP contribution in [0.5, 0.6) is 0 Å². The van der Waals surface area contributed by atoms with Gasteiger partial charge in [-0.3, -0.25) is 4.79 Å². The zero-order valence-corrected chi connectivity index (χ0v) is 10.5. The summed E-state index contributed by atoms with van der Waals surface area (Å²) in [5, 5.41) is 10.2. The van der Waals surface area contributed by atoms with E-state index >= 15 is 0 Å². The van der Waals surface area contributed by atoms with Crippen molar-refractivity contribution in [2.24, 2.45) is 5.92 Å². The highest BCUT2D eigenvalue weighted by molar-refractivity contribution is 9.09. The number of amides is 1. The van der Waals surface area contributed by atoms with Gasteiger partial charge in [-0.1, -0.05) is 15.9 Å². The molecule has 2 aliphatic heterocycles. The fraction of sp³-hybridized carbons (Fsp3) is 0.900. The summed E-state index contributed by atoms with van der Waals surface area (Å²) >= 11 is 3.21. The minimum absolute atomic E-state index is 0.0108. The maximum atomic E-state index is 11.9. The largest absolute Gasteiger partial charge is 0.391 e. The molecule has 0 aromatic heterocycles. The molecule has 0 unspecified atom stereocenters. The Morgan fingerprint density at radius 1 is 1.73 bits per heavy atom. The van der Waals surface area contributed by atoms with Crippen molar-refractivity contribution in [3.05, 3.63) is 0 Å². The molecule has 2 heterocycles. The fourth-order valence-electron chi connectivity index (χ4n) is 2.56. The number of aliphatic hydroxyl groups excluding tert-OH is 1. The molecule has 0 spiro atoms. The average Bonchev–Trinajstić information content (AvgIpc) is 2.15. The van der Waals surface area contributed by atoms with E-state index in [9.17, 15) is 9.90 Å². The van der Waals surface area contributed by atoms with Crippen LogP contribution in [-0.2, 0) is 9.53 Å². The molecule has 0 aromatic rings. The number of hydrogen-bond donors (Lipinski definition) is 1. The van der Waals surface area contributed by atoms with Gasteiger partial charge in [0.2, 0.25) is 5.91 Å². The fourth-order valence-corrected chi connectivity index (χ4v) is 2.96.